The van der Waals surface area contributed by atoms with Gasteiger partial charge in [0.25, 0.3) is 0 Å². The smallest absolute Gasteiger partial charge is 0.227 e. The first-order valence-corrected chi connectivity index (χ1v) is 10.4. The van der Waals surface area contributed by atoms with Crippen molar-refractivity contribution < 1.29 is 0 Å². The molecule has 0 bridgehead atoms. The van der Waals surface area contributed by atoms with E-state index >= 15 is 0 Å². The highest BCUT2D eigenvalue weighted by Crippen LogP contribution is 2.28. The fourth-order valence-corrected chi connectivity index (χ4v) is 3.73. The Bertz CT molecular complexity index is 962. The minimum atomic E-state index is 0.800. The van der Waals surface area contributed by atoms with Crippen LogP contribution in [0.4, 0.5) is 17.5 Å². The maximum absolute atomic E-state index is 4.92. The molecular weight excluding hydrogens is 358 g/mol. The second-order valence-corrected chi connectivity index (χ2v) is 7.68. The number of hydrogen-bond donors (Lipinski definition) is 1. The second-order valence-electron chi connectivity index (χ2n) is 7.68. The van der Waals surface area contributed by atoms with Crippen LogP contribution >= 0.6 is 0 Å². The van der Waals surface area contributed by atoms with E-state index in [0.29, 0.717) is 0 Å². The van der Waals surface area contributed by atoms with Crippen LogP contribution in [0, 0.1) is 6.92 Å². The van der Waals surface area contributed by atoms with Gasteiger partial charge in [-0.05, 0) is 31.5 Å². The number of benzene rings is 2. The molecule has 1 aliphatic rings. The summed E-state index contributed by atoms with van der Waals surface area (Å²) in [5, 5.41) is 3.60. The number of anilines is 3. The molecule has 1 saturated heterocycles. The Balaban J connectivity index is 1.74. The summed E-state index contributed by atoms with van der Waals surface area (Å²) in [7, 11) is 2.16. The number of nitrogens with zero attached hydrogens (tertiary/aromatic N) is 4. The van der Waals surface area contributed by atoms with Gasteiger partial charge in [0.05, 0.1) is 5.69 Å². The molecule has 0 aliphatic carbocycles. The Hall–Kier alpha value is -2.92. The van der Waals surface area contributed by atoms with Crippen LogP contribution in [-0.4, -0.2) is 48.1 Å². The summed E-state index contributed by atoms with van der Waals surface area (Å²) in [6.45, 7) is 8.27. The van der Waals surface area contributed by atoms with E-state index in [2.05, 4.69) is 84.5 Å². The lowest BCUT2D eigenvalue weighted by Gasteiger charge is -2.32. The zero-order chi connectivity index (χ0) is 20.2. The van der Waals surface area contributed by atoms with Crippen LogP contribution in [0.5, 0.6) is 0 Å². The van der Waals surface area contributed by atoms with Crippen LogP contribution < -0.4 is 10.2 Å². The number of para-hydroxylation sites is 1. The van der Waals surface area contributed by atoms with E-state index in [0.717, 1.165) is 61.3 Å². The van der Waals surface area contributed by atoms with Crippen molar-refractivity contribution in [2.45, 2.75) is 20.3 Å². The predicted molar refractivity (Wildman–Crippen MR) is 121 cm³/mol. The highest BCUT2D eigenvalue weighted by molar-refractivity contribution is 5.70. The zero-order valence-electron chi connectivity index (χ0n) is 17.5. The van der Waals surface area contributed by atoms with Crippen molar-refractivity contribution in [3.63, 3.8) is 0 Å². The van der Waals surface area contributed by atoms with Gasteiger partial charge in [0.1, 0.15) is 5.82 Å². The Morgan fingerprint density at radius 3 is 2.41 bits per heavy atom. The van der Waals surface area contributed by atoms with Gasteiger partial charge in [-0.1, -0.05) is 55.5 Å². The third-order valence-electron chi connectivity index (χ3n) is 5.56. The number of aromatic nitrogens is 2. The number of nitrogens with one attached hydrogen (secondary N) is 1. The maximum atomic E-state index is 4.92. The van der Waals surface area contributed by atoms with Gasteiger partial charge in [-0.2, -0.15) is 4.98 Å². The van der Waals surface area contributed by atoms with E-state index in [1.165, 1.54) is 11.1 Å². The van der Waals surface area contributed by atoms with E-state index in [-0.39, 0.29) is 0 Å². The van der Waals surface area contributed by atoms with Gasteiger partial charge in [-0.3, -0.25) is 0 Å². The highest BCUT2D eigenvalue weighted by atomic mass is 15.3. The van der Waals surface area contributed by atoms with Crippen molar-refractivity contribution >= 4 is 17.5 Å². The Morgan fingerprint density at radius 1 is 0.931 bits per heavy atom. The van der Waals surface area contributed by atoms with Gasteiger partial charge in [0, 0.05) is 43.5 Å². The number of hydrogen-bond acceptors (Lipinski definition) is 5. The molecule has 2 aromatic carbocycles. The van der Waals surface area contributed by atoms with E-state index in [4.69, 9.17) is 9.97 Å². The molecule has 0 atom stereocenters. The van der Waals surface area contributed by atoms with E-state index < -0.39 is 0 Å². The summed E-state index contributed by atoms with van der Waals surface area (Å²) < 4.78 is 0. The molecule has 5 nitrogen and oxygen atoms in total. The van der Waals surface area contributed by atoms with Crippen molar-refractivity contribution in [2.24, 2.45) is 0 Å². The summed E-state index contributed by atoms with van der Waals surface area (Å²) in [6.07, 6.45) is 0.978. The monoisotopic (exact) mass is 387 g/mol. The Morgan fingerprint density at radius 2 is 1.69 bits per heavy atom. The summed E-state index contributed by atoms with van der Waals surface area (Å²) >= 11 is 0. The minimum absolute atomic E-state index is 0.800. The number of piperazine rings is 1. The van der Waals surface area contributed by atoms with Gasteiger partial charge < -0.3 is 15.1 Å². The van der Waals surface area contributed by atoms with Crippen LogP contribution in [0.3, 0.4) is 0 Å². The first-order chi connectivity index (χ1) is 14.1. The van der Waals surface area contributed by atoms with Crippen LogP contribution in [0.2, 0.25) is 0 Å². The molecule has 0 radical (unpaired) electrons. The molecule has 1 fully saturated rings. The number of aryl methyl sites for hydroxylation is 2. The minimum Gasteiger partial charge on any atom is -0.340 e. The van der Waals surface area contributed by atoms with Crippen molar-refractivity contribution in [1.82, 2.24) is 14.9 Å². The molecule has 0 amide bonds. The van der Waals surface area contributed by atoms with Gasteiger partial charge in [-0.15, -0.1) is 0 Å². The third-order valence-corrected chi connectivity index (χ3v) is 5.56. The normalized spacial score (nSPS) is 14.8. The first-order valence-electron chi connectivity index (χ1n) is 10.4. The molecule has 5 heteroatoms. The first kappa shape index (κ1) is 19.4. The van der Waals surface area contributed by atoms with E-state index in [1.807, 2.05) is 6.07 Å². The van der Waals surface area contributed by atoms with E-state index in [1.54, 1.807) is 0 Å². The van der Waals surface area contributed by atoms with Gasteiger partial charge in [-0.25, -0.2) is 4.98 Å². The average Bonchev–Trinajstić information content (AvgIpc) is 2.76. The topological polar surface area (TPSA) is 44.3 Å². The largest absolute Gasteiger partial charge is 0.340 e. The summed E-state index contributed by atoms with van der Waals surface area (Å²) in [6, 6.07) is 18.8. The van der Waals surface area contributed by atoms with Crippen molar-refractivity contribution in [1.29, 1.82) is 0 Å². The quantitative estimate of drug-likeness (QED) is 0.698. The maximum Gasteiger partial charge on any atom is 0.227 e. The molecule has 150 valence electrons. The van der Waals surface area contributed by atoms with E-state index in [9.17, 15) is 0 Å². The fourth-order valence-electron chi connectivity index (χ4n) is 3.73. The standard InChI is InChI=1S/C24H29N5/c1-4-19-12-8-9-18(2)23(19)26-22-17-21(20-10-6-5-7-11-20)25-24(27-22)29-15-13-28(3)14-16-29/h5-12,17H,4,13-16H2,1-3H3,(H,25,26,27). The van der Waals surface area contributed by atoms with Crippen molar-refractivity contribution in [3.8, 4) is 11.3 Å². The van der Waals surface area contributed by atoms with Crippen LogP contribution in [-0.2, 0) is 6.42 Å². The molecule has 3 aromatic rings. The lowest BCUT2D eigenvalue weighted by Crippen LogP contribution is -2.45. The third kappa shape index (κ3) is 4.40. The van der Waals surface area contributed by atoms with Crippen molar-refractivity contribution in [2.75, 3.05) is 43.4 Å². The Labute approximate surface area is 173 Å². The summed E-state index contributed by atoms with van der Waals surface area (Å²) in [5.74, 6) is 1.64. The van der Waals surface area contributed by atoms with Crippen LogP contribution in [0.25, 0.3) is 11.3 Å². The average molecular weight is 388 g/mol. The zero-order valence-corrected chi connectivity index (χ0v) is 17.5. The van der Waals surface area contributed by atoms with Crippen molar-refractivity contribution in [3.05, 3.63) is 65.7 Å². The molecule has 0 spiro atoms. The van der Waals surface area contributed by atoms with Crippen LogP contribution in [0.1, 0.15) is 18.1 Å². The summed E-state index contributed by atoms with van der Waals surface area (Å²) in [4.78, 5) is 14.5. The molecule has 4 rings (SSSR count). The lowest BCUT2D eigenvalue weighted by atomic mass is 10.1. The fraction of sp³-hybridized carbons (Fsp3) is 0.333. The SMILES string of the molecule is CCc1cccc(C)c1Nc1cc(-c2ccccc2)nc(N2CCN(C)CC2)n1. The number of likely N-dealkylation sites (N-methyl/N-ethyl adjacent to an activating group) is 1. The molecular formula is C24H29N5. The highest BCUT2D eigenvalue weighted by Gasteiger charge is 2.19. The van der Waals surface area contributed by atoms with Gasteiger partial charge in [0.15, 0.2) is 0 Å². The predicted octanol–water partition coefficient (Wildman–Crippen LogP) is 4.51. The summed E-state index contributed by atoms with van der Waals surface area (Å²) in [5.41, 5.74) is 5.73. The molecule has 1 aliphatic heterocycles. The molecule has 0 saturated carbocycles. The molecule has 1 aromatic heterocycles. The van der Waals surface area contributed by atoms with Crippen LogP contribution in [0.15, 0.2) is 54.6 Å². The second kappa shape index (κ2) is 8.62. The molecule has 29 heavy (non-hydrogen) atoms. The number of rotatable bonds is 5. The molecule has 0 unspecified atom stereocenters. The molecule has 1 N–H and O–H groups in total. The molecule has 2 heterocycles. The van der Waals surface area contributed by atoms with Gasteiger partial charge in [0.2, 0.25) is 5.95 Å². The van der Waals surface area contributed by atoms with Gasteiger partial charge >= 0.3 is 0 Å². The Kier molecular flexibility index (Phi) is 5.76. The lowest BCUT2D eigenvalue weighted by molar-refractivity contribution is 0.311.